The average Bonchev–Trinajstić information content (AvgIpc) is 2.88. The lowest BCUT2D eigenvalue weighted by Gasteiger charge is -2.18. The lowest BCUT2D eigenvalue weighted by atomic mass is 10.1. The van der Waals surface area contributed by atoms with Gasteiger partial charge in [-0.1, -0.05) is 0 Å². The van der Waals surface area contributed by atoms with Crippen molar-refractivity contribution in [3.05, 3.63) is 0 Å². The molecule has 18 heavy (non-hydrogen) atoms. The molecule has 0 spiro atoms. The fourth-order valence-corrected chi connectivity index (χ4v) is 2.38. The molecule has 0 aromatic carbocycles. The van der Waals surface area contributed by atoms with Crippen LogP contribution in [0, 0.1) is 0 Å². The maximum Gasteiger partial charge on any atom is 0.223 e. The van der Waals surface area contributed by atoms with E-state index in [4.69, 9.17) is 4.74 Å². The molecule has 0 aliphatic carbocycles. The van der Waals surface area contributed by atoms with Crippen molar-refractivity contribution in [2.24, 2.45) is 0 Å². The molecule has 0 aromatic heterocycles. The first-order valence-electron chi connectivity index (χ1n) is 7.38. The zero-order valence-corrected chi connectivity index (χ0v) is 11.9. The molecule has 0 radical (unpaired) electrons. The highest BCUT2D eigenvalue weighted by atomic mass is 16.5. The molecule has 1 N–H and O–H groups in total. The van der Waals surface area contributed by atoms with Gasteiger partial charge in [0.2, 0.25) is 5.91 Å². The van der Waals surface area contributed by atoms with E-state index in [0.717, 1.165) is 45.6 Å². The van der Waals surface area contributed by atoms with Crippen molar-refractivity contribution < 1.29 is 9.53 Å². The molecule has 1 amide bonds. The molecule has 0 aromatic rings. The Morgan fingerprint density at radius 2 is 2.11 bits per heavy atom. The van der Waals surface area contributed by atoms with Gasteiger partial charge >= 0.3 is 0 Å². The van der Waals surface area contributed by atoms with Crippen LogP contribution in [0.3, 0.4) is 0 Å². The van der Waals surface area contributed by atoms with E-state index in [1.54, 1.807) is 0 Å². The summed E-state index contributed by atoms with van der Waals surface area (Å²) in [6.45, 7) is 8.40. The van der Waals surface area contributed by atoms with E-state index in [-0.39, 0.29) is 5.91 Å². The molecule has 106 valence electrons. The number of hydrogen-bond acceptors (Lipinski definition) is 3. The van der Waals surface area contributed by atoms with Gasteiger partial charge in [0.25, 0.3) is 0 Å². The van der Waals surface area contributed by atoms with Crippen LogP contribution >= 0.6 is 0 Å². The van der Waals surface area contributed by atoms with Gasteiger partial charge in [-0.2, -0.15) is 0 Å². The van der Waals surface area contributed by atoms with E-state index >= 15 is 0 Å². The van der Waals surface area contributed by atoms with E-state index in [0.29, 0.717) is 12.5 Å². The van der Waals surface area contributed by atoms with Crippen molar-refractivity contribution in [1.82, 2.24) is 10.2 Å². The lowest BCUT2D eigenvalue weighted by molar-refractivity contribution is -0.130. The first kappa shape index (κ1) is 15.4. The Morgan fingerprint density at radius 3 is 2.72 bits per heavy atom. The Balaban J connectivity index is 1.92. The molecular formula is C14H28N2O2. The van der Waals surface area contributed by atoms with Gasteiger partial charge in [0.05, 0.1) is 6.10 Å². The van der Waals surface area contributed by atoms with Gasteiger partial charge in [0, 0.05) is 32.7 Å². The summed E-state index contributed by atoms with van der Waals surface area (Å²) >= 11 is 0. The van der Waals surface area contributed by atoms with E-state index < -0.39 is 0 Å². The first-order chi connectivity index (χ1) is 8.77. The highest BCUT2D eigenvalue weighted by Crippen LogP contribution is 2.16. The Kier molecular flexibility index (Phi) is 8.01. The molecular weight excluding hydrogens is 228 g/mol. The van der Waals surface area contributed by atoms with Gasteiger partial charge in [-0.15, -0.1) is 0 Å². The average molecular weight is 256 g/mol. The topological polar surface area (TPSA) is 41.6 Å². The third-order valence-electron chi connectivity index (χ3n) is 3.54. The van der Waals surface area contributed by atoms with Crippen molar-refractivity contribution in [3.8, 4) is 0 Å². The van der Waals surface area contributed by atoms with E-state index in [1.165, 1.54) is 12.8 Å². The fourth-order valence-electron chi connectivity index (χ4n) is 2.38. The van der Waals surface area contributed by atoms with Gasteiger partial charge in [-0.05, 0) is 46.1 Å². The highest BCUT2D eigenvalue weighted by Gasteiger charge is 2.14. The molecule has 1 aliphatic rings. The summed E-state index contributed by atoms with van der Waals surface area (Å²) in [6.07, 6.45) is 5.84. The standard InChI is InChI=1S/C14H28N2O2/c1-3-16(4-2)14(17)9-11-15-10-5-7-13-8-6-12-18-13/h13,15H,3-12H2,1-2H3. The van der Waals surface area contributed by atoms with Crippen molar-refractivity contribution >= 4 is 5.91 Å². The van der Waals surface area contributed by atoms with E-state index in [2.05, 4.69) is 5.32 Å². The van der Waals surface area contributed by atoms with Crippen LogP contribution in [0.2, 0.25) is 0 Å². The van der Waals surface area contributed by atoms with Crippen LogP contribution < -0.4 is 5.32 Å². The maximum atomic E-state index is 11.7. The van der Waals surface area contributed by atoms with Crippen LogP contribution in [0.15, 0.2) is 0 Å². The van der Waals surface area contributed by atoms with Crippen LogP contribution in [0.5, 0.6) is 0 Å². The van der Waals surface area contributed by atoms with E-state index in [9.17, 15) is 4.79 Å². The number of carbonyl (C=O) groups excluding carboxylic acids is 1. The second-order valence-corrected chi connectivity index (χ2v) is 4.84. The number of nitrogens with zero attached hydrogens (tertiary/aromatic N) is 1. The molecule has 0 bridgehead atoms. The summed E-state index contributed by atoms with van der Waals surface area (Å²) in [7, 11) is 0. The molecule has 1 rings (SSSR count). The summed E-state index contributed by atoms with van der Waals surface area (Å²) in [4.78, 5) is 13.6. The van der Waals surface area contributed by atoms with Crippen LogP contribution in [0.25, 0.3) is 0 Å². The number of amides is 1. The third-order valence-corrected chi connectivity index (χ3v) is 3.54. The minimum absolute atomic E-state index is 0.256. The van der Waals surface area contributed by atoms with Crippen molar-refractivity contribution in [2.75, 3.05) is 32.8 Å². The predicted octanol–water partition coefficient (Wildman–Crippen LogP) is 1.79. The maximum absolute atomic E-state index is 11.7. The largest absolute Gasteiger partial charge is 0.378 e. The lowest BCUT2D eigenvalue weighted by Crippen LogP contribution is -2.33. The van der Waals surface area contributed by atoms with Gasteiger partial charge in [-0.25, -0.2) is 0 Å². The number of ether oxygens (including phenoxy) is 1. The molecule has 0 saturated carbocycles. The van der Waals surface area contributed by atoms with Crippen LogP contribution in [-0.2, 0) is 9.53 Å². The fraction of sp³-hybridized carbons (Fsp3) is 0.929. The second kappa shape index (κ2) is 9.34. The number of hydrogen-bond donors (Lipinski definition) is 1. The van der Waals surface area contributed by atoms with Crippen molar-refractivity contribution in [2.45, 2.75) is 52.1 Å². The summed E-state index contributed by atoms with van der Waals surface area (Å²) in [5.41, 5.74) is 0. The van der Waals surface area contributed by atoms with Gasteiger partial charge < -0.3 is 15.0 Å². The predicted molar refractivity (Wildman–Crippen MR) is 73.6 cm³/mol. The molecule has 1 heterocycles. The summed E-state index contributed by atoms with van der Waals surface area (Å²) in [6, 6.07) is 0. The smallest absolute Gasteiger partial charge is 0.223 e. The van der Waals surface area contributed by atoms with Gasteiger partial charge in [-0.3, -0.25) is 4.79 Å². The summed E-state index contributed by atoms with van der Waals surface area (Å²) in [5.74, 6) is 0.256. The second-order valence-electron chi connectivity index (χ2n) is 4.84. The molecule has 1 saturated heterocycles. The number of nitrogens with one attached hydrogen (secondary N) is 1. The number of carbonyl (C=O) groups is 1. The molecule has 4 heteroatoms. The molecule has 1 atom stereocenters. The quantitative estimate of drug-likeness (QED) is 0.640. The zero-order valence-electron chi connectivity index (χ0n) is 11.9. The van der Waals surface area contributed by atoms with Crippen LogP contribution in [-0.4, -0.2) is 49.7 Å². The summed E-state index contributed by atoms with van der Waals surface area (Å²) < 4.78 is 5.57. The van der Waals surface area contributed by atoms with Crippen LogP contribution in [0.4, 0.5) is 0 Å². The van der Waals surface area contributed by atoms with Gasteiger partial charge in [0.15, 0.2) is 0 Å². The normalized spacial score (nSPS) is 19.1. The SMILES string of the molecule is CCN(CC)C(=O)CCNCCCC1CCCO1. The monoisotopic (exact) mass is 256 g/mol. The molecule has 4 nitrogen and oxygen atoms in total. The van der Waals surface area contributed by atoms with Gasteiger partial charge in [0.1, 0.15) is 0 Å². The molecule has 1 unspecified atom stereocenters. The Hall–Kier alpha value is -0.610. The third kappa shape index (κ3) is 5.83. The Labute approximate surface area is 111 Å². The molecule has 1 fully saturated rings. The Morgan fingerprint density at radius 1 is 1.33 bits per heavy atom. The first-order valence-corrected chi connectivity index (χ1v) is 7.38. The highest BCUT2D eigenvalue weighted by molar-refractivity contribution is 5.76. The summed E-state index contributed by atoms with van der Waals surface area (Å²) in [5, 5.41) is 3.34. The molecule has 1 aliphatic heterocycles. The minimum atomic E-state index is 0.256. The minimum Gasteiger partial charge on any atom is -0.378 e. The van der Waals surface area contributed by atoms with Crippen molar-refractivity contribution in [1.29, 1.82) is 0 Å². The van der Waals surface area contributed by atoms with Crippen molar-refractivity contribution in [3.63, 3.8) is 0 Å². The zero-order chi connectivity index (χ0) is 13.2. The Bertz CT molecular complexity index is 224. The van der Waals surface area contributed by atoms with Crippen LogP contribution in [0.1, 0.15) is 46.0 Å². The number of rotatable bonds is 9. The van der Waals surface area contributed by atoms with E-state index in [1.807, 2.05) is 18.7 Å².